The Balaban J connectivity index is 1.24. The molecule has 3 N–H and O–H groups in total. The minimum Gasteiger partial charge on any atom is -0.450 e. The summed E-state index contributed by atoms with van der Waals surface area (Å²) in [6.45, 7) is 2.09. The lowest BCUT2D eigenvalue weighted by atomic mass is 9.84. The molecule has 5 rings (SSSR count). The van der Waals surface area contributed by atoms with Crippen molar-refractivity contribution in [2.75, 3.05) is 6.54 Å². The average molecular weight is 544 g/mol. The zero-order valence-corrected chi connectivity index (χ0v) is 22.4. The van der Waals surface area contributed by atoms with Gasteiger partial charge in [0, 0.05) is 12.0 Å². The topological polar surface area (TPSA) is 139 Å². The molecule has 0 radical (unpaired) electrons. The molecule has 4 aromatic rings. The van der Waals surface area contributed by atoms with Gasteiger partial charge in [0.25, 0.3) is 0 Å². The molecule has 1 aromatic heterocycles. The Kier molecular flexibility index (Phi) is 8.23. The van der Waals surface area contributed by atoms with Crippen LogP contribution in [0.4, 0.5) is 9.59 Å². The maximum Gasteiger partial charge on any atom is 0.506 e. The van der Waals surface area contributed by atoms with Crippen molar-refractivity contribution in [3.8, 4) is 22.5 Å². The zero-order valence-electron chi connectivity index (χ0n) is 22.4. The number of carbonyl (C=O) groups excluding carboxylic acids is 1. The van der Waals surface area contributed by atoms with Crippen molar-refractivity contribution >= 4 is 23.0 Å². The first-order chi connectivity index (χ1) is 19.4. The number of nitrogens with zero attached hydrogens (tertiary/aromatic N) is 3. The predicted octanol–water partition coefficient (Wildman–Crippen LogP) is 6.13. The first kappa shape index (κ1) is 27.1. The Morgan fingerprint density at radius 2 is 1.77 bits per heavy atom. The minimum absolute atomic E-state index is 0.114. The van der Waals surface area contributed by atoms with E-state index in [9.17, 15) is 9.59 Å². The summed E-state index contributed by atoms with van der Waals surface area (Å²) in [6, 6.07) is 20.5. The fourth-order valence-electron chi connectivity index (χ4n) is 5.45. The third kappa shape index (κ3) is 6.39. The predicted molar refractivity (Wildman–Crippen MR) is 150 cm³/mol. The van der Waals surface area contributed by atoms with E-state index in [0.29, 0.717) is 31.5 Å². The Hall–Kier alpha value is -4.47. The van der Waals surface area contributed by atoms with Gasteiger partial charge in [0.15, 0.2) is 0 Å². The lowest BCUT2D eigenvalue weighted by Crippen LogP contribution is -2.48. The van der Waals surface area contributed by atoms with E-state index in [1.54, 1.807) is 0 Å². The van der Waals surface area contributed by atoms with Gasteiger partial charge in [0.1, 0.15) is 11.7 Å². The number of H-pyrrole nitrogens is 1. The van der Waals surface area contributed by atoms with E-state index in [1.165, 1.54) is 0 Å². The van der Waals surface area contributed by atoms with Gasteiger partial charge >= 0.3 is 12.2 Å². The maximum atomic E-state index is 12.6. The Morgan fingerprint density at radius 3 is 2.50 bits per heavy atom. The van der Waals surface area contributed by atoms with Crippen LogP contribution in [0, 0.1) is 0 Å². The SMILES string of the molecule is CCC(Cc1ccc2cc(-c3ccccc3-c3nn[nH]n3)ccc2c1)OC(=O)NCC1(OC(=O)O)CCCCC1. The number of benzene rings is 3. The van der Waals surface area contributed by atoms with E-state index in [2.05, 4.69) is 62.3 Å². The van der Waals surface area contributed by atoms with Crippen molar-refractivity contribution in [2.45, 2.75) is 63.6 Å². The summed E-state index contributed by atoms with van der Waals surface area (Å²) in [5.74, 6) is 0.545. The monoisotopic (exact) mass is 543 g/mol. The van der Waals surface area contributed by atoms with Crippen molar-refractivity contribution in [1.29, 1.82) is 0 Å². The Labute approximate surface area is 232 Å². The number of alkyl carbamates (subject to hydrolysis) is 1. The Bertz CT molecular complexity index is 1470. The van der Waals surface area contributed by atoms with Gasteiger partial charge in [-0.15, -0.1) is 10.2 Å². The highest BCUT2D eigenvalue weighted by molar-refractivity contribution is 5.90. The molecule has 40 heavy (non-hydrogen) atoms. The summed E-state index contributed by atoms with van der Waals surface area (Å²) in [4.78, 5) is 23.8. The first-order valence-electron chi connectivity index (χ1n) is 13.7. The lowest BCUT2D eigenvalue weighted by molar-refractivity contribution is -0.0408. The number of aromatic nitrogens is 4. The molecule has 1 fully saturated rings. The average Bonchev–Trinajstić information content (AvgIpc) is 3.51. The molecular weight excluding hydrogens is 510 g/mol. The number of hydrogen-bond donors (Lipinski definition) is 3. The van der Waals surface area contributed by atoms with Crippen LogP contribution in [0.2, 0.25) is 0 Å². The smallest absolute Gasteiger partial charge is 0.450 e. The van der Waals surface area contributed by atoms with Crippen LogP contribution in [0.3, 0.4) is 0 Å². The van der Waals surface area contributed by atoms with E-state index in [4.69, 9.17) is 14.6 Å². The summed E-state index contributed by atoms with van der Waals surface area (Å²) in [6.07, 6.45) is 2.99. The van der Waals surface area contributed by atoms with Crippen LogP contribution in [0.1, 0.15) is 51.0 Å². The van der Waals surface area contributed by atoms with Gasteiger partial charge in [-0.25, -0.2) is 9.59 Å². The van der Waals surface area contributed by atoms with Crippen LogP contribution in [-0.4, -0.2) is 56.2 Å². The molecule has 0 aliphatic heterocycles. The molecule has 208 valence electrons. The van der Waals surface area contributed by atoms with Crippen LogP contribution < -0.4 is 5.32 Å². The van der Waals surface area contributed by atoms with Gasteiger partial charge < -0.3 is 19.9 Å². The second-order valence-corrected chi connectivity index (χ2v) is 10.3. The highest BCUT2D eigenvalue weighted by Gasteiger charge is 2.36. The fourth-order valence-corrected chi connectivity index (χ4v) is 5.45. The van der Waals surface area contributed by atoms with Crippen molar-refractivity contribution in [3.63, 3.8) is 0 Å². The van der Waals surface area contributed by atoms with E-state index in [-0.39, 0.29) is 12.6 Å². The second-order valence-electron chi connectivity index (χ2n) is 10.3. The largest absolute Gasteiger partial charge is 0.506 e. The molecule has 1 saturated carbocycles. The molecule has 1 aliphatic rings. The number of carboxylic acid groups (broad SMARTS) is 1. The number of aromatic amines is 1. The van der Waals surface area contributed by atoms with Gasteiger partial charge in [-0.3, -0.25) is 0 Å². The molecule has 0 bridgehead atoms. The molecule has 1 heterocycles. The van der Waals surface area contributed by atoms with Gasteiger partial charge in [0.05, 0.1) is 6.54 Å². The van der Waals surface area contributed by atoms with Crippen molar-refractivity contribution < 1.29 is 24.2 Å². The van der Waals surface area contributed by atoms with Crippen molar-refractivity contribution in [1.82, 2.24) is 25.9 Å². The number of tetrazole rings is 1. The maximum absolute atomic E-state index is 12.6. The van der Waals surface area contributed by atoms with Crippen LogP contribution in [0.5, 0.6) is 0 Å². The van der Waals surface area contributed by atoms with Gasteiger partial charge in [-0.05, 0) is 70.8 Å². The van der Waals surface area contributed by atoms with Gasteiger partial charge in [-0.2, -0.15) is 5.21 Å². The number of amides is 1. The van der Waals surface area contributed by atoms with Gasteiger partial charge in [-0.1, -0.05) is 67.9 Å². The van der Waals surface area contributed by atoms with Gasteiger partial charge in [0.2, 0.25) is 5.82 Å². The highest BCUT2D eigenvalue weighted by atomic mass is 16.7. The number of carbonyl (C=O) groups is 2. The Morgan fingerprint density at radius 1 is 1.02 bits per heavy atom. The second kappa shape index (κ2) is 12.1. The number of rotatable bonds is 9. The van der Waals surface area contributed by atoms with Crippen molar-refractivity contribution in [3.05, 3.63) is 66.2 Å². The molecular formula is C30H33N5O5. The minimum atomic E-state index is -1.32. The third-order valence-corrected chi connectivity index (χ3v) is 7.54. The first-order valence-corrected chi connectivity index (χ1v) is 13.7. The molecule has 10 nitrogen and oxygen atoms in total. The normalized spacial score (nSPS) is 15.3. The summed E-state index contributed by atoms with van der Waals surface area (Å²) in [5, 5.41) is 28.6. The van der Waals surface area contributed by atoms with E-state index in [0.717, 1.165) is 52.3 Å². The van der Waals surface area contributed by atoms with Crippen LogP contribution in [0.25, 0.3) is 33.3 Å². The van der Waals surface area contributed by atoms with Crippen LogP contribution in [-0.2, 0) is 15.9 Å². The van der Waals surface area contributed by atoms with Crippen LogP contribution in [0.15, 0.2) is 60.7 Å². The molecule has 0 spiro atoms. The number of nitrogens with one attached hydrogen (secondary N) is 2. The molecule has 10 heteroatoms. The summed E-state index contributed by atoms with van der Waals surface area (Å²) in [5.41, 5.74) is 3.15. The quantitative estimate of drug-likeness (QED) is 0.214. The third-order valence-electron chi connectivity index (χ3n) is 7.54. The fraction of sp³-hybridized carbons (Fsp3) is 0.367. The molecule has 1 unspecified atom stereocenters. The molecule has 3 aromatic carbocycles. The number of fused-ring (bicyclic) bond motifs is 1. The standard InChI is InChI=1S/C30H33N5O5/c1-2-24(39-28(36)31-19-30(40-29(37)38)14-6-3-7-15-30)17-20-10-11-22-18-23(13-12-21(22)16-20)25-8-4-5-9-26(25)27-32-34-35-33-27/h4-5,8-13,16,18,24H,2-3,6-7,14-15,17,19H2,1H3,(H,31,36)(H,37,38)(H,32,33,34,35). The molecule has 1 amide bonds. The van der Waals surface area contributed by atoms with Crippen LogP contribution >= 0.6 is 0 Å². The zero-order chi connectivity index (χ0) is 28.0. The van der Waals surface area contributed by atoms with Crippen molar-refractivity contribution in [2.24, 2.45) is 0 Å². The highest BCUT2D eigenvalue weighted by Crippen LogP contribution is 2.33. The summed E-state index contributed by atoms with van der Waals surface area (Å²) >= 11 is 0. The lowest BCUT2D eigenvalue weighted by Gasteiger charge is -2.35. The molecule has 0 saturated heterocycles. The number of ether oxygens (including phenoxy) is 2. The van der Waals surface area contributed by atoms with E-state index < -0.39 is 17.8 Å². The summed E-state index contributed by atoms with van der Waals surface area (Å²) < 4.78 is 10.9. The van der Waals surface area contributed by atoms with E-state index in [1.807, 2.05) is 31.2 Å². The molecule has 1 aliphatic carbocycles. The number of hydrogen-bond acceptors (Lipinski definition) is 7. The summed E-state index contributed by atoms with van der Waals surface area (Å²) in [7, 11) is 0. The molecule has 1 atom stereocenters. The van der Waals surface area contributed by atoms with E-state index >= 15 is 0 Å².